The molecule has 0 saturated heterocycles. The molecule has 0 aromatic carbocycles. The van der Waals surface area contributed by atoms with Crippen molar-refractivity contribution in [2.45, 2.75) is 6.29 Å². The van der Waals surface area contributed by atoms with E-state index in [1.807, 2.05) is 0 Å². The average molecular weight is 118 g/mol. The highest BCUT2D eigenvalue weighted by molar-refractivity contribution is 5.86. The molecule has 4 nitrogen and oxygen atoms in total. The van der Waals surface area contributed by atoms with Gasteiger partial charge in [-0.1, -0.05) is 6.58 Å². The summed E-state index contributed by atoms with van der Waals surface area (Å²) in [5.74, 6) is -1.40. The number of carboxylic acids is 1. The largest absolute Gasteiger partial charge is 0.478 e. The van der Waals surface area contributed by atoms with Crippen LogP contribution in [0.25, 0.3) is 0 Å². The molecule has 0 aromatic rings. The van der Waals surface area contributed by atoms with Gasteiger partial charge in [-0.2, -0.15) is 0 Å². The summed E-state index contributed by atoms with van der Waals surface area (Å²) >= 11 is 0. The van der Waals surface area contributed by atoms with E-state index < -0.39 is 17.8 Å². The molecule has 0 aliphatic heterocycles. The van der Waals surface area contributed by atoms with Gasteiger partial charge in [-0.05, 0) is 0 Å². The van der Waals surface area contributed by atoms with Gasteiger partial charge in [0, 0.05) is 0 Å². The van der Waals surface area contributed by atoms with E-state index in [2.05, 4.69) is 6.58 Å². The topological polar surface area (TPSA) is 77.8 Å². The Morgan fingerprint density at radius 2 is 1.88 bits per heavy atom. The van der Waals surface area contributed by atoms with Crippen LogP contribution in [0.5, 0.6) is 0 Å². The number of hydrogen-bond acceptors (Lipinski definition) is 3. The van der Waals surface area contributed by atoms with E-state index in [9.17, 15) is 4.79 Å². The van der Waals surface area contributed by atoms with E-state index in [1.54, 1.807) is 0 Å². The quantitative estimate of drug-likeness (QED) is 0.319. The van der Waals surface area contributed by atoms with Gasteiger partial charge in [-0.15, -0.1) is 0 Å². The smallest absolute Gasteiger partial charge is 0.336 e. The summed E-state index contributed by atoms with van der Waals surface area (Å²) in [4.78, 5) is 9.72. The van der Waals surface area contributed by atoms with Crippen LogP contribution in [-0.2, 0) is 4.79 Å². The SMILES string of the molecule is C=C(C(=O)O)C(O)O. The van der Waals surface area contributed by atoms with Crippen molar-refractivity contribution in [3.8, 4) is 0 Å². The van der Waals surface area contributed by atoms with Crippen LogP contribution >= 0.6 is 0 Å². The molecule has 0 rings (SSSR count). The summed E-state index contributed by atoms with van der Waals surface area (Å²) in [6.45, 7) is 2.85. The first-order valence-electron chi connectivity index (χ1n) is 1.84. The number of aliphatic carboxylic acids is 1. The Kier molecular flexibility index (Phi) is 2.18. The molecule has 4 heteroatoms. The molecule has 3 N–H and O–H groups in total. The second-order valence-corrected chi connectivity index (χ2v) is 1.20. The minimum Gasteiger partial charge on any atom is -0.478 e. The lowest BCUT2D eigenvalue weighted by Crippen LogP contribution is -2.15. The Morgan fingerprint density at radius 3 is 1.88 bits per heavy atom. The number of aliphatic hydroxyl groups is 2. The fourth-order valence-electron chi connectivity index (χ4n) is 0.110. The second-order valence-electron chi connectivity index (χ2n) is 1.20. The Morgan fingerprint density at radius 1 is 1.50 bits per heavy atom. The van der Waals surface area contributed by atoms with E-state index in [4.69, 9.17) is 15.3 Å². The zero-order chi connectivity index (χ0) is 6.73. The van der Waals surface area contributed by atoms with Gasteiger partial charge >= 0.3 is 5.97 Å². The Bertz CT molecular complexity index is 115. The molecule has 0 aromatic heterocycles. The summed E-state index contributed by atoms with van der Waals surface area (Å²) in [5.41, 5.74) is -0.620. The summed E-state index contributed by atoms with van der Waals surface area (Å²) < 4.78 is 0. The third kappa shape index (κ3) is 1.72. The number of carboxylic acid groups (broad SMARTS) is 1. The predicted octanol–water partition coefficient (Wildman–Crippen LogP) is -1.06. The standard InChI is InChI=1S/C4H6O4/c1-2(3(5)6)4(7)8/h3,5-6H,1H2,(H,7,8). The summed E-state index contributed by atoms with van der Waals surface area (Å²) in [5, 5.41) is 24.1. The maximum Gasteiger partial charge on any atom is 0.336 e. The lowest BCUT2D eigenvalue weighted by atomic mass is 10.3. The molecular formula is C4H6O4. The van der Waals surface area contributed by atoms with Crippen molar-refractivity contribution in [1.82, 2.24) is 0 Å². The molecule has 0 amide bonds. The molecule has 0 radical (unpaired) electrons. The first-order valence-corrected chi connectivity index (χ1v) is 1.84. The summed E-state index contributed by atoms with van der Waals surface area (Å²) in [6, 6.07) is 0. The van der Waals surface area contributed by atoms with Gasteiger partial charge < -0.3 is 15.3 Å². The van der Waals surface area contributed by atoms with E-state index in [-0.39, 0.29) is 0 Å². The van der Waals surface area contributed by atoms with Crippen molar-refractivity contribution >= 4 is 5.97 Å². The van der Waals surface area contributed by atoms with Crippen molar-refractivity contribution in [3.05, 3.63) is 12.2 Å². The molecule has 0 aliphatic rings. The van der Waals surface area contributed by atoms with Crippen LogP contribution in [0.15, 0.2) is 12.2 Å². The maximum absolute atomic E-state index is 9.72. The fraction of sp³-hybridized carbons (Fsp3) is 0.250. The van der Waals surface area contributed by atoms with Crippen molar-refractivity contribution in [1.29, 1.82) is 0 Å². The second kappa shape index (κ2) is 2.44. The monoisotopic (exact) mass is 118 g/mol. The minimum atomic E-state index is -1.95. The zero-order valence-corrected chi connectivity index (χ0v) is 4.03. The fourth-order valence-corrected chi connectivity index (χ4v) is 0.110. The van der Waals surface area contributed by atoms with Crippen LogP contribution in [-0.4, -0.2) is 27.6 Å². The van der Waals surface area contributed by atoms with Gasteiger partial charge in [0.15, 0.2) is 6.29 Å². The van der Waals surface area contributed by atoms with Crippen LogP contribution in [0.3, 0.4) is 0 Å². The van der Waals surface area contributed by atoms with Gasteiger partial charge in [-0.25, -0.2) is 4.79 Å². The number of carbonyl (C=O) groups is 1. The molecule has 0 fully saturated rings. The molecule has 8 heavy (non-hydrogen) atoms. The minimum absolute atomic E-state index is 0.620. The predicted molar refractivity (Wildman–Crippen MR) is 25.0 cm³/mol. The molecule has 0 saturated carbocycles. The Hall–Kier alpha value is -0.870. The summed E-state index contributed by atoms with van der Waals surface area (Å²) in [6.07, 6.45) is -1.95. The first kappa shape index (κ1) is 7.13. The van der Waals surface area contributed by atoms with Crippen molar-refractivity contribution in [2.75, 3.05) is 0 Å². The molecule has 46 valence electrons. The molecule has 0 unspecified atom stereocenters. The highest BCUT2D eigenvalue weighted by atomic mass is 16.5. The lowest BCUT2D eigenvalue weighted by molar-refractivity contribution is -0.136. The Labute approximate surface area is 45.7 Å². The average Bonchev–Trinajstić information content (AvgIpc) is 1.64. The number of aliphatic hydroxyl groups excluding tert-OH is 1. The van der Waals surface area contributed by atoms with Gasteiger partial charge in [0.2, 0.25) is 0 Å². The molecule has 0 bridgehead atoms. The van der Waals surface area contributed by atoms with Gasteiger partial charge in [-0.3, -0.25) is 0 Å². The highest BCUT2D eigenvalue weighted by Gasteiger charge is 2.10. The van der Waals surface area contributed by atoms with Crippen LogP contribution < -0.4 is 0 Å². The normalized spacial score (nSPS) is 9.38. The Balaban J connectivity index is 3.84. The highest BCUT2D eigenvalue weighted by Crippen LogP contribution is 1.92. The molecular weight excluding hydrogens is 112 g/mol. The van der Waals surface area contributed by atoms with Crippen molar-refractivity contribution < 1.29 is 20.1 Å². The lowest BCUT2D eigenvalue weighted by Gasteiger charge is -1.98. The third-order valence-corrected chi connectivity index (χ3v) is 0.586. The maximum atomic E-state index is 9.72. The van der Waals surface area contributed by atoms with Crippen molar-refractivity contribution in [3.63, 3.8) is 0 Å². The van der Waals surface area contributed by atoms with E-state index >= 15 is 0 Å². The van der Waals surface area contributed by atoms with E-state index in [0.717, 1.165) is 0 Å². The third-order valence-electron chi connectivity index (χ3n) is 0.586. The summed E-state index contributed by atoms with van der Waals surface area (Å²) in [7, 11) is 0. The van der Waals surface area contributed by atoms with Gasteiger partial charge in [0.25, 0.3) is 0 Å². The molecule has 0 atom stereocenters. The first-order chi connectivity index (χ1) is 3.55. The van der Waals surface area contributed by atoms with Crippen LogP contribution in [0.2, 0.25) is 0 Å². The molecule has 0 heterocycles. The van der Waals surface area contributed by atoms with E-state index in [1.165, 1.54) is 0 Å². The zero-order valence-electron chi connectivity index (χ0n) is 4.03. The van der Waals surface area contributed by atoms with Crippen molar-refractivity contribution in [2.24, 2.45) is 0 Å². The van der Waals surface area contributed by atoms with Gasteiger partial charge in [0.1, 0.15) is 0 Å². The van der Waals surface area contributed by atoms with Gasteiger partial charge in [0.05, 0.1) is 5.57 Å². The van der Waals surface area contributed by atoms with Crippen LogP contribution in [0.1, 0.15) is 0 Å². The van der Waals surface area contributed by atoms with E-state index in [0.29, 0.717) is 0 Å². The number of rotatable bonds is 2. The van der Waals surface area contributed by atoms with Crippen LogP contribution in [0, 0.1) is 0 Å². The molecule has 0 spiro atoms. The molecule has 0 aliphatic carbocycles. The van der Waals surface area contributed by atoms with Crippen LogP contribution in [0.4, 0.5) is 0 Å². The number of hydrogen-bond donors (Lipinski definition) is 3.